The van der Waals surface area contributed by atoms with Gasteiger partial charge in [0.15, 0.2) is 17.1 Å². The van der Waals surface area contributed by atoms with E-state index in [4.69, 9.17) is 9.47 Å². The normalized spacial score (nSPS) is 17.0. The average Bonchev–Trinajstić information content (AvgIpc) is 3.61. The molecule has 3 amide bonds. The molecule has 43 heavy (non-hydrogen) atoms. The number of methoxy groups -OCH3 is 1. The number of aromatic nitrogens is 6. The van der Waals surface area contributed by atoms with Crippen LogP contribution < -0.4 is 20.1 Å². The Hall–Kier alpha value is -5.01. The molecule has 0 aliphatic carbocycles. The van der Waals surface area contributed by atoms with Gasteiger partial charge in [-0.1, -0.05) is 13.8 Å². The van der Waals surface area contributed by atoms with Gasteiger partial charge in [-0.25, -0.2) is 19.2 Å². The Kier molecular flexibility index (Phi) is 8.83. The van der Waals surface area contributed by atoms with Crippen molar-refractivity contribution in [1.29, 1.82) is 0 Å². The van der Waals surface area contributed by atoms with E-state index in [0.717, 1.165) is 0 Å². The number of ether oxygens (including phenoxy) is 2. The summed E-state index contributed by atoms with van der Waals surface area (Å²) in [5, 5.41) is 14.6. The number of carbonyl (C=O) groups is 3. The fourth-order valence-corrected chi connectivity index (χ4v) is 4.91. The molecular weight excluding hydrogens is 554 g/mol. The van der Waals surface area contributed by atoms with Gasteiger partial charge in [0.05, 0.1) is 31.8 Å². The molecule has 0 spiro atoms. The molecule has 1 aromatic carbocycles. The first-order valence-electron chi connectivity index (χ1n) is 14.1. The quantitative estimate of drug-likeness (QED) is 0.364. The van der Waals surface area contributed by atoms with Crippen molar-refractivity contribution in [3.63, 3.8) is 0 Å². The Morgan fingerprint density at radius 3 is 2.79 bits per heavy atom. The fraction of sp³-hybridized carbons (Fsp3) is 0.414. The zero-order chi connectivity index (χ0) is 30.5. The zero-order valence-corrected chi connectivity index (χ0v) is 24.6. The van der Waals surface area contributed by atoms with Crippen LogP contribution in [0.15, 0.2) is 42.9 Å². The van der Waals surface area contributed by atoms with Gasteiger partial charge in [0.1, 0.15) is 24.6 Å². The summed E-state index contributed by atoms with van der Waals surface area (Å²) in [6.45, 7) is 6.62. The van der Waals surface area contributed by atoms with Gasteiger partial charge in [-0.2, -0.15) is 10.2 Å². The summed E-state index contributed by atoms with van der Waals surface area (Å²) in [6.07, 6.45) is 3.40. The summed E-state index contributed by atoms with van der Waals surface area (Å²) in [5.41, 5.74) is 1.36. The Bertz CT molecular complexity index is 1630. The monoisotopic (exact) mass is 589 g/mol. The highest BCUT2D eigenvalue weighted by Gasteiger charge is 2.27. The topological polar surface area (TPSA) is 158 Å². The lowest BCUT2D eigenvalue weighted by atomic mass is 10.0. The van der Waals surface area contributed by atoms with Gasteiger partial charge >= 0.3 is 0 Å². The Labute approximate surface area is 248 Å². The van der Waals surface area contributed by atoms with E-state index in [9.17, 15) is 14.4 Å². The highest BCUT2D eigenvalue weighted by Crippen LogP contribution is 2.28. The smallest absolute Gasteiger partial charge is 0.255 e. The number of rotatable bonds is 3. The van der Waals surface area contributed by atoms with E-state index in [0.29, 0.717) is 52.9 Å². The lowest BCUT2D eigenvalue weighted by Crippen LogP contribution is -2.44. The second-order valence-corrected chi connectivity index (χ2v) is 10.6. The molecule has 4 aromatic rings. The van der Waals surface area contributed by atoms with Crippen molar-refractivity contribution in [2.75, 3.05) is 33.4 Å². The zero-order valence-electron chi connectivity index (χ0n) is 24.6. The number of nitrogens with zero attached hydrogens (tertiary/aromatic N) is 7. The second-order valence-electron chi connectivity index (χ2n) is 10.6. The highest BCUT2D eigenvalue weighted by molar-refractivity contribution is 5.97. The van der Waals surface area contributed by atoms with Crippen LogP contribution in [0.1, 0.15) is 58.7 Å². The van der Waals surface area contributed by atoms with Gasteiger partial charge in [-0.05, 0) is 49.6 Å². The van der Waals surface area contributed by atoms with Crippen LogP contribution in [-0.2, 0) is 11.3 Å². The molecule has 2 N–H and O–H groups in total. The third kappa shape index (κ3) is 6.74. The predicted molar refractivity (Wildman–Crippen MR) is 155 cm³/mol. The third-order valence-corrected chi connectivity index (χ3v) is 7.09. The molecule has 4 heterocycles. The molecule has 0 saturated heterocycles. The van der Waals surface area contributed by atoms with Crippen LogP contribution in [0.25, 0.3) is 5.65 Å². The van der Waals surface area contributed by atoms with E-state index in [1.54, 1.807) is 48.1 Å². The number of benzene rings is 1. The number of hydrogen-bond acceptors (Lipinski definition) is 9. The summed E-state index contributed by atoms with van der Waals surface area (Å²) in [5.74, 6) is 1.04. The number of carbonyl (C=O) groups excluding carboxylic acids is 3. The highest BCUT2D eigenvalue weighted by atomic mass is 16.5. The SMILES string of the molecule is COc1ccc2cc1OCCn1nc(C)nc1[C@H](C(C)C)NC(=O)CN(C(=O)c1ccc3ncnn3c1)CCCNC2=O. The van der Waals surface area contributed by atoms with Crippen molar-refractivity contribution in [1.82, 2.24) is 44.9 Å². The Morgan fingerprint density at radius 2 is 2.00 bits per heavy atom. The average molecular weight is 590 g/mol. The number of amides is 3. The minimum atomic E-state index is -0.465. The van der Waals surface area contributed by atoms with Crippen molar-refractivity contribution in [2.45, 2.75) is 39.8 Å². The molecule has 5 rings (SSSR count). The van der Waals surface area contributed by atoms with E-state index >= 15 is 0 Å². The third-order valence-electron chi connectivity index (χ3n) is 7.09. The first kappa shape index (κ1) is 29.5. The fourth-order valence-electron chi connectivity index (χ4n) is 4.91. The molecule has 3 aromatic heterocycles. The maximum Gasteiger partial charge on any atom is 0.255 e. The summed E-state index contributed by atoms with van der Waals surface area (Å²) >= 11 is 0. The summed E-state index contributed by atoms with van der Waals surface area (Å²) in [6, 6.07) is 7.87. The molecule has 2 bridgehead atoms. The van der Waals surface area contributed by atoms with Gasteiger partial charge in [-0.3, -0.25) is 14.4 Å². The Morgan fingerprint density at radius 1 is 1.16 bits per heavy atom. The van der Waals surface area contributed by atoms with Crippen molar-refractivity contribution in [3.05, 3.63) is 65.6 Å². The maximum absolute atomic E-state index is 13.6. The van der Waals surface area contributed by atoms with Gasteiger partial charge in [0, 0.05) is 24.8 Å². The summed E-state index contributed by atoms with van der Waals surface area (Å²) in [7, 11) is 1.53. The van der Waals surface area contributed by atoms with Gasteiger partial charge in [0.25, 0.3) is 11.8 Å². The van der Waals surface area contributed by atoms with Crippen molar-refractivity contribution in [2.24, 2.45) is 5.92 Å². The summed E-state index contributed by atoms with van der Waals surface area (Å²) < 4.78 is 14.7. The minimum Gasteiger partial charge on any atom is -0.493 e. The van der Waals surface area contributed by atoms with Crippen LogP contribution in [-0.4, -0.2) is 85.3 Å². The van der Waals surface area contributed by atoms with E-state index in [1.165, 1.54) is 22.9 Å². The van der Waals surface area contributed by atoms with Crippen molar-refractivity contribution >= 4 is 23.4 Å². The van der Waals surface area contributed by atoms with Crippen LogP contribution in [0.5, 0.6) is 11.5 Å². The molecule has 0 saturated carbocycles. The van der Waals surface area contributed by atoms with Crippen LogP contribution in [0.3, 0.4) is 0 Å². The number of hydrogen-bond donors (Lipinski definition) is 2. The number of aryl methyl sites for hydroxylation is 1. The molecule has 14 nitrogen and oxygen atoms in total. The number of pyridine rings is 1. The van der Waals surface area contributed by atoms with E-state index in [-0.39, 0.29) is 49.9 Å². The Balaban J connectivity index is 1.45. The maximum atomic E-state index is 13.6. The molecule has 1 aliphatic rings. The lowest BCUT2D eigenvalue weighted by Gasteiger charge is -2.26. The second kappa shape index (κ2) is 12.9. The standard InChI is InChI=1S/C29H35N9O5/c1-18(2)26-27-33-19(3)35-37(27)12-13-43-23-14-20(6-8-22(23)42-4)28(40)30-10-5-11-36(16-25(39)34-26)29(41)21-7-9-24-31-17-32-38(24)15-21/h6-9,14-15,17-18,26H,5,10-13,16H2,1-4H3,(H,30,40)(H,34,39)/t26-/m0/s1. The van der Waals surface area contributed by atoms with Gasteiger partial charge < -0.3 is 25.0 Å². The van der Waals surface area contributed by atoms with E-state index < -0.39 is 6.04 Å². The first-order valence-corrected chi connectivity index (χ1v) is 14.1. The predicted octanol–water partition coefficient (Wildman–Crippen LogP) is 1.81. The molecule has 0 unspecified atom stereocenters. The van der Waals surface area contributed by atoms with E-state index in [2.05, 4.69) is 30.8 Å². The van der Waals surface area contributed by atoms with Crippen LogP contribution in [0, 0.1) is 12.8 Å². The molecule has 226 valence electrons. The largest absolute Gasteiger partial charge is 0.493 e. The van der Waals surface area contributed by atoms with Crippen LogP contribution in [0.2, 0.25) is 0 Å². The first-order chi connectivity index (χ1) is 20.7. The lowest BCUT2D eigenvalue weighted by molar-refractivity contribution is -0.123. The van der Waals surface area contributed by atoms with Crippen LogP contribution >= 0.6 is 0 Å². The van der Waals surface area contributed by atoms with Gasteiger partial charge in [-0.15, -0.1) is 0 Å². The molecule has 1 atom stereocenters. The van der Waals surface area contributed by atoms with Crippen molar-refractivity contribution < 1.29 is 23.9 Å². The molecule has 0 fully saturated rings. The molecule has 0 radical (unpaired) electrons. The number of nitrogens with one attached hydrogen (secondary N) is 2. The molecule has 1 aliphatic heterocycles. The minimum absolute atomic E-state index is 0.0244. The molecular formula is C29H35N9O5. The van der Waals surface area contributed by atoms with Gasteiger partial charge in [0.2, 0.25) is 5.91 Å². The van der Waals surface area contributed by atoms with Crippen LogP contribution in [0.4, 0.5) is 0 Å². The van der Waals surface area contributed by atoms with E-state index in [1.807, 2.05) is 13.8 Å². The summed E-state index contributed by atoms with van der Waals surface area (Å²) in [4.78, 5) is 50.2. The molecule has 14 heteroatoms. The number of fused-ring (bicyclic) bond motifs is 4. The van der Waals surface area contributed by atoms with Crippen molar-refractivity contribution in [3.8, 4) is 11.5 Å².